The van der Waals surface area contributed by atoms with E-state index in [2.05, 4.69) is 10.3 Å². The summed E-state index contributed by atoms with van der Waals surface area (Å²) in [6.07, 6.45) is 0. The molecule has 1 aromatic carbocycles. The Morgan fingerprint density at radius 1 is 1.62 bits per heavy atom. The van der Waals surface area contributed by atoms with Crippen molar-refractivity contribution in [1.82, 2.24) is 4.98 Å². The molecule has 1 N–H and O–H groups in total. The number of hydrogen-bond acceptors (Lipinski definition) is 3. The fourth-order valence-corrected chi connectivity index (χ4v) is 2.10. The molecule has 1 aromatic heterocycles. The number of fused-ring (bicyclic) bond motifs is 1. The van der Waals surface area contributed by atoms with Gasteiger partial charge in [-0.15, -0.1) is 11.6 Å². The van der Waals surface area contributed by atoms with Gasteiger partial charge in [-0.1, -0.05) is 11.3 Å². The Morgan fingerprint density at radius 2 is 2.38 bits per heavy atom. The Morgan fingerprint density at radius 3 is 3.06 bits per heavy atom. The normalized spacial score (nSPS) is 12.7. The number of alkyl halides is 1. The van der Waals surface area contributed by atoms with Crippen molar-refractivity contribution in [3.8, 4) is 0 Å². The van der Waals surface area contributed by atoms with E-state index in [1.165, 1.54) is 23.5 Å². The minimum Gasteiger partial charge on any atom is -0.301 e. The average molecular weight is 259 g/mol. The molecule has 1 heterocycles. The number of amides is 1. The molecule has 16 heavy (non-hydrogen) atoms. The van der Waals surface area contributed by atoms with Gasteiger partial charge in [0, 0.05) is 0 Å². The number of rotatable bonds is 2. The topological polar surface area (TPSA) is 42.0 Å². The molecule has 0 saturated carbocycles. The molecule has 0 bridgehead atoms. The van der Waals surface area contributed by atoms with Gasteiger partial charge in [-0.05, 0) is 25.1 Å². The molecule has 0 saturated heterocycles. The van der Waals surface area contributed by atoms with Crippen LogP contribution in [-0.4, -0.2) is 16.3 Å². The molecule has 0 aliphatic rings. The Kier molecular flexibility index (Phi) is 3.07. The first kappa shape index (κ1) is 11.3. The van der Waals surface area contributed by atoms with E-state index in [9.17, 15) is 9.18 Å². The third-order valence-electron chi connectivity index (χ3n) is 1.94. The summed E-state index contributed by atoms with van der Waals surface area (Å²) in [6.45, 7) is 1.57. The zero-order chi connectivity index (χ0) is 11.7. The fourth-order valence-electron chi connectivity index (χ4n) is 1.16. The summed E-state index contributed by atoms with van der Waals surface area (Å²) in [7, 11) is 0. The predicted molar refractivity (Wildman–Crippen MR) is 63.5 cm³/mol. The maximum absolute atomic E-state index is 12.9. The summed E-state index contributed by atoms with van der Waals surface area (Å²) in [5.74, 6) is -0.638. The zero-order valence-corrected chi connectivity index (χ0v) is 9.90. The molecule has 2 aromatic rings. The maximum atomic E-state index is 12.9. The van der Waals surface area contributed by atoms with Gasteiger partial charge >= 0.3 is 0 Å². The first-order valence-electron chi connectivity index (χ1n) is 4.57. The molecule has 84 valence electrons. The van der Waals surface area contributed by atoms with Crippen LogP contribution in [0.25, 0.3) is 10.2 Å². The van der Waals surface area contributed by atoms with Crippen molar-refractivity contribution >= 4 is 44.2 Å². The number of aromatic nitrogens is 1. The number of carbonyl (C=O) groups is 1. The largest absolute Gasteiger partial charge is 0.301 e. The lowest BCUT2D eigenvalue weighted by atomic mass is 10.3. The molecule has 2 rings (SSSR count). The van der Waals surface area contributed by atoms with E-state index < -0.39 is 5.38 Å². The zero-order valence-electron chi connectivity index (χ0n) is 8.33. The van der Waals surface area contributed by atoms with Crippen molar-refractivity contribution in [2.24, 2.45) is 0 Å². The highest BCUT2D eigenvalue weighted by atomic mass is 35.5. The number of carbonyl (C=O) groups excluding carboxylic acids is 1. The van der Waals surface area contributed by atoms with E-state index >= 15 is 0 Å². The van der Waals surface area contributed by atoms with Crippen LogP contribution < -0.4 is 5.32 Å². The first-order valence-corrected chi connectivity index (χ1v) is 5.82. The Balaban J connectivity index is 2.29. The molecule has 6 heteroatoms. The Bertz CT molecular complexity index is 541. The molecule has 0 fully saturated rings. The second-order valence-corrected chi connectivity index (χ2v) is 4.92. The van der Waals surface area contributed by atoms with Crippen LogP contribution in [0.2, 0.25) is 0 Å². The summed E-state index contributed by atoms with van der Waals surface area (Å²) in [5.41, 5.74) is 0.656. The minimum atomic E-state index is -0.622. The van der Waals surface area contributed by atoms with Gasteiger partial charge in [0.2, 0.25) is 5.91 Å². The highest BCUT2D eigenvalue weighted by Crippen LogP contribution is 2.26. The lowest BCUT2D eigenvalue weighted by Crippen LogP contribution is -2.19. The molecule has 0 aliphatic carbocycles. The van der Waals surface area contributed by atoms with E-state index in [0.29, 0.717) is 15.3 Å². The Hall–Kier alpha value is -1.20. The summed E-state index contributed by atoms with van der Waals surface area (Å²) < 4.78 is 13.6. The van der Waals surface area contributed by atoms with E-state index in [1.54, 1.807) is 13.0 Å². The summed E-state index contributed by atoms with van der Waals surface area (Å²) in [6, 6.07) is 4.28. The van der Waals surface area contributed by atoms with Crippen molar-refractivity contribution in [1.29, 1.82) is 0 Å². The van der Waals surface area contributed by atoms with Crippen LogP contribution in [0.5, 0.6) is 0 Å². The van der Waals surface area contributed by atoms with E-state index in [-0.39, 0.29) is 11.7 Å². The number of benzene rings is 1. The van der Waals surface area contributed by atoms with Gasteiger partial charge in [-0.25, -0.2) is 9.37 Å². The first-order chi connectivity index (χ1) is 7.56. The third-order valence-corrected chi connectivity index (χ3v) is 3.07. The predicted octanol–water partition coefficient (Wildman–Crippen LogP) is 3.00. The van der Waals surface area contributed by atoms with Crippen LogP contribution in [0.15, 0.2) is 18.2 Å². The van der Waals surface area contributed by atoms with Gasteiger partial charge in [0.15, 0.2) is 5.13 Å². The van der Waals surface area contributed by atoms with E-state index in [1.807, 2.05) is 0 Å². The molecule has 0 spiro atoms. The minimum absolute atomic E-state index is 0.318. The molecular formula is C10H8ClFN2OS. The van der Waals surface area contributed by atoms with Crippen LogP contribution in [0, 0.1) is 5.82 Å². The summed E-state index contributed by atoms with van der Waals surface area (Å²) in [5, 5.41) is 2.37. The number of anilines is 1. The van der Waals surface area contributed by atoms with Crippen molar-refractivity contribution in [2.75, 3.05) is 5.32 Å². The van der Waals surface area contributed by atoms with E-state index in [0.717, 1.165) is 0 Å². The molecular weight excluding hydrogens is 251 g/mol. The molecule has 0 aliphatic heterocycles. The molecule has 3 nitrogen and oxygen atoms in total. The van der Waals surface area contributed by atoms with E-state index in [4.69, 9.17) is 11.6 Å². The molecule has 1 amide bonds. The standard InChI is InChI=1S/C10H8ClFN2OS/c1-5(11)9(15)14-10-13-7-3-2-6(12)4-8(7)16-10/h2-5H,1H3,(H,13,14,15)/t5-/m1/s1. The van der Waals surface area contributed by atoms with Crippen molar-refractivity contribution in [3.63, 3.8) is 0 Å². The fraction of sp³-hybridized carbons (Fsp3) is 0.200. The van der Waals surface area contributed by atoms with Gasteiger partial charge in [0.1, 0.15) is 11.2 Å². The third kappa shape index (κ3) is 2.31. The second kappa shape index (κ2) is 4.35. The highest BCUT2D eigenvalue weighted by molar-refractivity contribution is 7.22. The van der Waals surface area contributed by atoms with Crippen molar-refractivity contribution in [3.05, 3.63) is 24.0 Å². The van der Waals surface area contributed by atoms with Gasteiger partial charge in [0.05, 0.1) is 10.2 Å². The van der Waals surface area contributed by atoms with Crippen LogP contribution in [0.4, 0.5) is 9.52 Å². The number of thiazole rings is 1. The van der Waals surface area contributed by atoms with Crippen LogP contribution >= 0.6 is 22.9 Å². The SMILES string of the molecule is C[C@@H](Cl)C(=O)Nc1nc2ccc(F)cc2s1. The second-order valence-electron chi connectivity index (χ2n) is 3.24. The van der Waals surface area contributed by atoms with Gasteiger partial charge in [0.25, 0.3) is 0 Å². The number of nitrogens with zero attached hydrogens (tertiary/aromatic N) is 1. The molecule has 1 atom stereocenters. The van der Waals surface area contributed by atoms with Gasteiger partial charge < -0.3 is 5.32 Å². The van der Waals surface area contributed by atoms with Crippen LogP contribution in [0.3, 0.4) is 0 Å². The summed E-state index contributed by atoms with van der Waals surface area (Å²) >= 11 is 6.82. The maximum Gasteiger partial charge on any atom is 0.243 e. The van der Waals surface area contributed by atoms with Crippen molar-refractivity contribution in [2.45, 2.75) is 12.3 Å². The van der Waals surface area contributed by atoms with Crippen molar-refractivity contribution < 1.29 is 9.18 Å². The molecule has 0 unspecified atom stereocenters. The van der Waals surface area contributed by atoms with Crippen LogP contribution in [0.1, 0.15) is 6.92 Å². The number of halogens is 2. The van der Waals surface area contributed by atoms with Gasteiger partial charge in [-0.2, -0.15) is 0 Å². The van der Waals surface area contributed by atoms with Crippen LogP contribution in [-0.2, 0) is 4.79 Å². The quantitative estimate of drug-likeness (QED) is 0.842. The number of hydrogen-bond donors (Lipinski definition) is 1. The summed E-state index contributed by atoms with van der Waals surface area (Å²) in [4.78, 5) is 15.4. The smallest absolute Gasteiger partial charge is 0.243 e. The number of nitrogens with one attached hydrogen (secondary N) is 1. The lowest BCUT2D eigenvalue weighted by Gasteiger charge is -2.01. The average Bonchev–Trinajstić information content (AvgIpc) is 2.58. The monoisotopic (exact) mass is 258 g/mol. The highest BCUT2D eigenvalue weighted by Gasteiger charge is 2.12. The molecule has 0 radical (unpaired) electrons. The van der Waals surface area contributed by atoms with Gasteiger partial charge in [-0.3, -0.25) is 4.79 Å². The Labute approximate surface area is 100 Å². The lowest BCUT2D eigenvalue weighted by molar-refractivity contribution is -0.115.